The van der Waals surface area contributed by atoms with Gasteiger partial charge in [-0.3, -0.25) is 19.7 Å². The van der Waals surface area contributed by atoms with E-state index in [1.54, 1.807) is 25.3 Å². The van der Waals surface area contributed by atoms with Crippen LogP contribution in [0.25, 0.3) is 0 Å². The third kappa shape index (κ3) is 5.58. The molecule has 0 unspecified atom stereocenters. The molecule has 0 aliphatic carbocycles. The van der Waals surface area contributed by atoms with Gasteiger partial charge in [-0.05, 0) is 26.3 Å². The summed E-state index contributed by atoms with van der Waals surface area (Å²) >= 11 is 1.35. The van der Waals surface area contributed by atoms with Gasteiger partial charge in [0.15, 0.2) is 5.13 Å². The average Bonchev–Trinajstić information content (AvgIpc) is 3.02. The number of carbonyl (C=O) groups is 2. The Hall–Kier alpha value is -2.81. The Bertz CT molecular complexity index is 850. The number of hydrogen-bond acceptors (Lipinski definition) is 6. The second-order valence-corrected chi connectivity index (χ2v) is 7.40. The van der Waals surface area contributed by atoms with E-state index in [1.807, 2.05) is 13.8 Å². The molecular formula is C18H22N4O4S. The van der Waals surface area contributed by atoms with Crippen LogP contribution in [0.15, 0.2) is 24.4 Å². The van der Waals surface area contributed by atoms with Crippen molar-refractivity contribution in [3.8, 4) is 0 Å². The van der Waals surface area contributed by atoms with Crippen molar-refractivity contribution in [2.24, 2.45) is 0 Å². The molecule has 2 aromatic rings. The van der Waals surface area contributed by atoms with Gasteiger partial charge in [-0.1, -0.05) is 19.4 Å². The predicted molar refractivity (Wildman–Crippen MR) is 104 cm³/mol. The Kier molecular flexibility index (Phi) is 7.00. The van der Waals surface area contributed by atoms with Crippen LogP contribution in [0.2, 0.25) is 0 Å². The Morgan fingerprint density at radius 3 is 2.67 bits per heavy atom. The largest absolute Gasteiger partial charge is 0.329 e. The lowest BCUT2D eigenvalue weighted by atomic mass is 10.1. The second kappa shape index (κ2) is 9.22. The van der Waals surface area contributed by atoms with E-state index >= 15 is 0 Å². The SMILES string of the molecule is CCCCN(CC(=O)Nc1ncc(C)s1)C(=O)c1ccc(C)c([N+](=O)[O-])c1. The molecule has 0 fully saturated rings. The minimum absolute atomic E-state index is 0.112. The fourth-order valence-electron chi connectivity index (χ4n) is 2.47. The van der Waals surface area contributed by atoms with Gasteiger partial charge in [-0.2, -0.15) is 0 Å². The number of aryl methyl sites for hydroxylation is 2. The highest BCUT2D eigenvalue weighted by Gasteiger charge is 2.22. The molecule has 0 saturated heterocycles. The van der Waals surface area contributed by atoms with Crippen molar-refractivity contribution in [2.45, 2.75) is 33.6 Å². The summed E-state index contributed by atoms with van der Waals surface area (Å²) in [5.74, 6) is -0.757. The molecule has 2 amide bonds. The van der Waals surface area contributed by atoms with Crippen molar-refractivity contribution in [3.05, 3.63) is 50.5 Å². The topological polar surface area (TPSA) is 105 Å². The molecule has 9 heteroatoms. The predicted octanol–water partition coefficient (Wildman–Crippen LogP) is 3.55. The molecular weight excluding hydrogens is 368 g/mol. The molecule has 0 atom stereocenters. The van der Waals surface area contributed by atoms with Gasteiger partial charge >= 0.3 is 0 Å². The number of rotatable bonds is 8. The zero-order valence-corrected chi connectivity index (χ0v) is 16.3. The normalized spacial score (nSPS) is 10.5. The number of benzene rings is 1. The molecule has 0 aliphatic rings. The maximum absolute atomic E-state index is 12.8. The van der Waals surface area contributed by atoms with E-state index in [0.717, 1.165) is 17.7 Å². The van der Waals surface area contributed by atoms with Crippen LogP contribution in [-0.4, -0.2) is 39.7 Å². The fraction of sp³-hybridized carbons (Fsp3) is 0.389. The summed E-state index contributed by atoms with van der Waals surface area (Å²) in [5.41, 5.74) is 0.564. The maximum Gasteiger partial charge on any atom is 0.273 e. The minimum Gasteiger partial charge on any atom is -0.329 e. The highest BCUT2D eigenvalue weighted by Crippen LogP contribution is 2.21. The van der Waals surface area contributed by atoms with Crippen molar-refractivity contribution in [3.63, 3.8) is 0 Å². The number of nitro groups is 1. The molecule has 1 aromatic carbocycles. The maximum atomic E-state index is 12.8. The summed E-state index contributed by atoms with van der Waals surface area (Å²) in [5, 5.41) is 14.3. The summed E-state index contributed by atoms with van der Waals surface area (Å²) in [6, 6.07) is 4.35. The van der Waals surface area contributed by atoms with Crippen LogP contribution in [0, 0.1) is 24.0 Å². The molecule has 1 heterocycles. The Morgan fingerprint density at radius 1 is 1.33 bits per heavy atom. The standard InChI is InChI=1S/C18H22N4O4S/c1-4-5-8-21(11-16(23)20-18-19-10-13(3)27-18)17(24)14-7-6-12(2)15(9-14)22(25)26/h6-7,9-10H,4-5,8,11H2,1-3H3,(H,19,20,23). The summed E-state index contributed by atoms with van der Waals surface area (Å²) in [4.78, 5) is 42.2. The third-order valence-corrected chi connectivity index (χ3v) is 4.75. The number of nitro benzene ring substituents is 1. The Morgan fingerprint density at radius 2 is 2.07 bits per heavy atom. The fourth-order valence-corrected chi connectivity index (χ4v) is 3.15. The van der Waals surface area contributed by atoms with Crippen molar-refractivity contribution in [1.29, 1.82) is 0 Å². The quantitative estimate of drug-likeness (QED) is 0.548. The van der Waals surface area contributed by atoms with E-state index in [0.29, 0.717) is 17.2 Å². The molecule has 1 aromatic heterocycles. The van der Waals surface area contributed by atoms with Crippen LogP contribution in [0.5, 0.6) is 0 Å². The van der Waals surface area contributed by atoms with E-state index in [-0.39, 0.29) is 23.7 Å². The molecule has 0 radical (unpaired) electrons. The van der Waals surface area contributed by atoms with Crippen LogP contribution in [0.4, 0.5) is 10.8 Å². The lowest BCUT2D eigenvalue weighted by molar-refractivity contribution is -0.385. The van der Waals surface area contributed by atoms with E-state index in [2.05, 4.69) is 10.3 Å². The molecule has 144 valence electrons. The first kappa shape index (κ1) is 20.5. The zero-order valence-electron chi connectivity index (χ0n) is 15.5. The number of carbonyl (C=O) groups excluding carboxylic acids is 2. The van der Waals surface area contributed by atoms with Crippen LogP contribution < -0.4 is 5.32 Å². The lowest BCUT2D eigenvalue weighted by Crippen LogP contribution is -2.38. The van der Waals surface area contributed by atoms with Crippen molar-refractivity contribution in [2.75, 3.05) is 18.4 Å². The number of nitrogens with one attached hydrogen (secondary N) is 1. The van der Waals surface area contributed by atoms with Gasteiger partial charge in [0.05, 0.1) is 4.92 Å². The Labute approximate surface area is 161 Å². The summed E-state index contributed by atoms with van der Waals surface area (Å²) in [7, 11) is 0. The van der Waals surface area contributed by atoms with Gasteiger partial charge in [-0.25, -0.2) is 4.98 Å². The minimum atomic E-state index is -0.514. The molecule has 0 aliphatic heterocycles. The summed E-state index contributed by atoms with van der Waals surface area (Å²) in [6.45, 7) is 5.73. The Balaban J connectivity index is 2.16. The van der Waals surface area contributed by atoms with Crippen molar-refractivity contribution >= 4 is 34.0 Å². The zero-order chi connectivity index (χ0) is 20.0. The van der Waals surface area contributed by atoms with Crippen LogP contribution in [-0.2, 0) is 4.79 Å². The molecule has 27 heavy (non-hydrogen) atoms. The van der Waals surface area contributed by atoms with E-state index in [1.165, 1.54) is 22.3 Å². The summed E-state index contributed by atoms with van der Waals surface area (Å²) < 4.78 is 0. The number of anilines is 1. The summed E-state index contributed by atoms with van der Waals surface area (Å²) in [6.07, 6.45) is 3.24. The van der Waals surface area contributed by atoms with Gasteiger partial charge < -0.3 is 10.2 Å². The molecule has 1 N–H and O–H groups in total. The second-order valence-electron chi connectivity index (χ2n) is 6.16. The first-order chi connectivity index (χ1) is 12.8. The van der Waals surface area contributed by atoms with Crippen molar-refractivity contribution in [1.82, 2.24) is 9.88 Å². The smallest absolute Gasteiger partial charge is 0.273 e. The highest BCUT2D eigenvalue weighted by atomic mass is 32.1. The number of amides is 2. The highest BCUT2D eigenvalue weighted by molar-refractivity contribution is 7.15. The van der Waals surface area contributed by atoms with Gasteiger partial charge in [0.25, 0.3) is 11.6 Å². The molecule has 0 bridgehead atoms. The molecule has 0 saturated carbocycles. The molecule has 8 nitrogen and oxygen atoms in total. The number of unbranched alkanes of at least 4 members (excludes halogenated alkanes) is 1. The van der Waals surface area contributed by atoms with Gasteiger partial charge in [0, 0.05) is 34.8 Å². The van der Waals surface area contributed by atoms with E-state index < -0.39 is 10.8 Å². The van der Waals surface area contributed by atoms with E-state index in [4.69, 9.17) is 0 Å². The lowest BCUT2D eigenvalue weighted by Gasteiger charge is -2.22. The first-order valence-electron chi connectivity index (χ1n) is 8.58. The average molecular weight is 390 g/mol. The molecule has 0 spiro atoms. The third-order valence-electron chi connectivity index (χ3n) is 3.92. The van der Waals surface area contributed by atoms with Gasteiger partial charge in [0.2, 0.25) is 5.91 Å². The number of hydrogen-bond donors (Lipinski definition) is 1. The van der Waals surface area contributed by atoms with Crippen LogP contribution >= 0.6 is 11.3 Å². The molecule has 2 rings (SSSR count). The number of nitrogens with zero attached hydrogens (tertiary/aromatic N) is 3. The monoisotopic (exact) mass is 390 g/mol. The van der Waals surface area contributed by atoms with E-state index in [9.17, 15) is 19.7 Å². The van der Waals surface area contributed by atoms with Crippen LogP contribution in [0.1, 0.15) is 40.6 Å². The number of aromatic nitrogens is 1. The van der Waals surface area contributed by atoms with Crippen LogP contribution in [0.3, 0.4) is 0 Å². The first-order valence-corrected chi connectivity index (χ1v) is 9.40. The number of thiazole rings is 1. The van der Waals surface area contributed by atoms with Crippen molar-refractivity contribution < 1.29 is 14.5 Å². The van der Waals surface area contributed by atoms with Gasteiger partial charge in [-0.15, -0.1) is 11.3 Å². The van der Waals surface area contributed by atoms with Gasteiger partial charge in [0.1, 0.15) is 6.54 Å².